The van der Waals surface area contributed by atoms with Crippen LogP contribution in [0.1, 0.15) is 39.0 Å². The molecule has 35 heavy (non-hydrogen) atoms. The molecule has 0 aliphatic carbocycles. The van der Waals surface area contributed by atoms with Gasteiger partial charge in [0.25, 0.3) is 5.91 Å². The molecule has 0 spiro atoms. The Balaban J connectivity index is 1.69. The van der Waals surface area contributed by atoms with Gasteiger partial charge >= 0.3 is 6.03 Å². The highest BCUT2D eigenvalue weighted by atomic mass is 16.5. The number of rotatable bonds is 5. The van der Waals surface area contributed by atoms with Crippen molar-refractivity contribution in [1.29, 1.82) is 0 Å². The second kappa shape index (κ2) is 10.2. The zero-order valence-corrected chi connectivity index (χ0v) is 20.8. The van der Waals surface area contributed by atoms with E-state index in [1.807, 2.05) is 31.2 Å². The number of nitrogens with zero attached hydrogens (tertiary/aromatic N) is 4. The van der Waals surface area contributed by atoms with E-state index in [1.165, 1.54) is 13.8 Å². The number of aliphatic hydroxyl groups is 1. The summed E-state index contributed by atoms with van der Waals surface area (Å²) in [6.07, 6.45) is 0.617. The summed E-state index contributed by atoms with van der Waals surface area (Å²) in [5.74, 6) is 1.12. The number of benzene rings is 1. The molecule has 0 saturated carbocycles. The lowest BCUT2D eigenvalue weighted by atomic mass is 10.0. The molecule has 3 heterocycles. The van der Waals surface area contributed by atoms with Crippen LogP contribution in [0.2, 0.25) is 0 Å². The normalized spacial score (nSPS) is 18.1. The van der Waals surface area contributed by atoms with Crippen molar-refractivity contribution in [2.24, 2.45) is 0 Å². The van der Waals surface area contributed by atoms with Crippen LogP contribution in [-0.2, 0) is 22.5 Å². The molecule has 4 rings (SSSR count). The lowest BCUT2D eigenvalue weighted by Crippen LogP contribution is -2.48. The Hall–Kier alpha value is -3.24. The maximum atomic E-state index is 12.8. The fourth-order valence-electron chi connectivity index (χ4n) is 4.42. The molecule has 188 valence electrons. The molecule has 0 bridgehead atoms. The fourth-order valence-corrected chi connectivity index (χ4v) is 4.42. The number of nitrogens with one attached hydrogen (secondary N) is 2. The van der Waals surface area contributed by atoms with Gasteiger partial charge in [0, 0.05) is 36.4 Å². The third-order valence-corrected chi connectivity index (χ3v) is 6.23. The van der Waals surface area contributed by atoms with Crippen molar-refractivity contribution in [1.82, 2.24) is 20.2 Å². The number of anilines is 2. The fraction of sp³-hybridized carbons (Fsp3) is 0.520. The van der Waals surface area contributed by atoms with E-state index in [4.69, 9.17) is 14.7 Å². The summed E-state index contributed by atoms with van der Waals surface area (Å²) >= 11 is 0. The molecule has 2 aliphatic heterocycles. The second-order valence-electron chi connectivity index (χ2n) is 9.51. The van der Waals surface area contributed by atoms with Crippen LogP contribution in [-0.4, -0.2) is 76.4 Å². The van der Waals surface area contributed by atoms with Crippen LogP contribution >= 0.6 is 0 Å². The Kier molecular flexibility index (Phi) is 7.23. The largest absolute Gasteiger partial charge is 0.381 e. The monoisotopic (exact) mass is 482 g/mol. The van der Waals surface area contributed by atoms with Crippen LogP contribution in [0.15, 0.2) is 24.3 Å². The van der Waals surface area contributed by atoms with Gasteiger partial charge < -0.3 is 30.3 Å². The van der Waals surface area contributed by atoms with Gasteiger partial charge in [0.05, 0.1) is 31.5 Å². The average molecular weight is 483 g/mol. The van der Waals surface area contributed by atoms with E-state index in [9.17, 15) is 14.7 Å². The van der Waals surface area contributed by atoms with Crippen LogP contribution in [0, 0.1) is 0 Å². The molecule has 0 radical (unpaired) electrons. The summed E-state index contributed by atoms with van der Waals surface area (Å²) in [7, 11) is 0. The molecule has 1 fully saturated rings. The first-order valence-corrected chi connectivity index (χ1v) is 12.1. The van der Waals surface area contributed by atoms with Crippen LogP contribution < -0.4 is 15.5 Å². The molecule has 10 heteroatoms. The van der Waals surface area contributed by atoms with Crippen molar-refractivity contribution >= 4 is 23.4 Å². The molecule has 1 aromatic carbocycles. The quantitative estimate of drug-likeness (QED) is 0.597. The number of fused-ring (bicyclic) bond motifs is 1. The van der Waals surface area contributed by atoms with Crippen LogP contribution in [0.25, 0.3) is 11.4 Å². The highest BCUT2D eigenvalue weighted by Crippen LogP contribution is 2.32. The number of aromatic nitrogens is 2. The van der Waals surface area contributed by atoms with Crippen LogP contribution in [0.5, 0.6) is 0 Å². The third kappa shape index (κ3) is 5.54. The first kappa shape index (κ1) is 24.9. The molecule has 1 saturated heterocycles. The number of hydrogen-bond acceptors (Lipinski definition) is 7. The molecule has 3 N–H and O–H groups in total. The van der Waals surface area contributed by atoms with Gasteiger partial charge in [-0.25, -0.2) is 14.8 Å². The number of carbonyl (C=O) groups excluding carboxylic acids is 2. The van der Waals surface area contributed by atoms with Gasteiger partial charge in [-0.1, -0.05) is 0 Å². The minimum Gasteiger partial charge on any atom is -0.381 e. The Bertz CT molecular complexity index is 1080. The minimum absolute atomic E-state index is 0.162. The molecule has 0 unspecified atom stereocenters. The van der Waals surface area contributed by atoms with Gasteiger partial charge in [0.2, 0.25) is 0 Å². The summed E-state index contributed by atoms with van der Waals surface area (Å²) in [6.45, 7) is 10.3. The second-order valence-corrected chi connectivity index (χ2v) is 9.51. The lowest BCUT2D eigenvalue weighted by Gasteiger charge is -2.38. The summed E-state index contributed by atoms with van der Waals surface area (Å²) in [6, 6.07) is 7.28. The maximum Gasteiger partial charge on any atom is 0.319 e. The number of carbonyl (C=O) groups is 2. The molecule has 1 atom stereocenters. The van der Waals surface area contributed by atoms with Crippen molar-refractivity contribution in [2.45, 2.75) is 52.3 Å². The topological polar surface area (TPSA) is 120 Å². The summed E-state index contributed by atoms with van der Waals surface area (Å²) in [5, 5.41) is 15.8. The predicted octanol–water partition coefficient (Wildman–Crippen LogP) is 2.17. The number of hydrogen-bond donors (Lipinski definition) is 3. The molecule has 1 aromatic heterocycles. The van der Waals surface area contributed by atoms with E-state index >= 15 is 0 Å². The summed E-state index contributed by atoms with van der Waals surface area (Å²) in [4.78, 5) is 38.3. The summed E-state index contributed by atoms with van der Waals surface area (Å²) in [5.41, 5.74) is 1.86. The first-order chi connectivity index (χ1) is 16.7. The minimum atomic E-state index is -1.44. The number of amides is 3. The molecule has 10 nitrogen and oxygen atoms in total. The van der Waals surface area contributed by atoms with E-state index in [-0.39, 0.29) is 18.0 Å². The van der Waals surface area contributed by atoms with Crippen molar-refractivity contribution in [3.63, 3.8) is 0 Å². The SMILES string of the molecule is CCNC(=O)Nc1ccc(-c2nc3c(c(N4CCOC[C@@H]4C)n2)CCN(C(=O)C(C)(C)O)C3)cc1. The Morgan fingerprint density at radius 1 is 1.20 bits per heavy atom. The Morgan fingerprint density at radius 3 is 2.60 bits per heavy atom. The van der Waals surface area contributed by atoms with E-state index in [0.29, 0.717) is 50.8 Å². The van der Waals surface area contributed by atoms with Crippen molar-refractivity contribution in [3.8, 4) is 11.4 Å². The van der Waals surface area contributed by atoms with Crippen molar-refractivity contribution in [2.75, 3.05) is 43.1 Å². The van der Waals surface area contributed by atoms with Gasteiger partial charge in [-0.15, -0.1) is 0 Å². The average Bonchev–Trinajstić information content (AvgIpc) is 2.83. The van der Waals surface area contributed by atoms with Crippen LogP contribution in [0.4, 0.5) is 16.3 Å². The van der Waals surface area contributed by atoms with Gasteiger partial charge in [0.1, 0.15) is 11.4 Å². The van der Waals surface area contributed by atoms with Gasteiger partial charge in [-0.3, -0.25) is 4.79 Å². The van der Waals surface area contributed by atoms with E-state index in [1.54, 1.807) is 4.90 Å². The first-order valence-electron chi connectivity index (χ1n) is 12.1. The highest BCUT2D eigenvalue weighted by molar-refractivity contribution is 5.89. The number of morpholine rings is 1. The van der Waals surface area contributed by atoms with E-state index in [0.717, 1.165) is 29.2 Å². The van der Waals surface area contributed by atoms with Crippen molar-refractivity contribution < 1.29 is 19.4 Å². The predicted molar refractivity (Wildman–Crippen MR) is 133 cm³/mol. The molecule has 2 aliphatic rings. The number of ether oxygens (including phenoxy) is 1. The van der Waals surface area contributed by atoms with Gasteiger partial charge in [-0.2, -0.15) is 0 Å². The highest BCUT2D eigenvalue weighted by Gasteiger charge is 2.34. The molecule has 2 aromatic rings. The van der Waals surface area contributed by atoms with Gasteiger partial charge in [0.15, 0.2) is 5.82 Å². The maximum absolute atomic E-state index is 12.8. The summed E-state index contributed by atoms with van der Waals surface area (Å²) < 4.78 is 5.64. The van der Waals surface area contributed by atoms with Crippen molar-refractivity contribution in [3.05, 3.63) is 35.5 Å². The van der Waals surface area contributed by atoms with Crippen LogP contribution in [0.3, 0.4) is 0 Å². The Morgan fingerprint density at radius 2 is 1.94 bits per heavy atom. The van der Waals surface area contributed by atoms with E-state index < -0.39 is 5.60 Å². The Labute approximate surface area is 205 Å². The lowest BCUT2D eigenvalue weighted by molar-refractivity contribution is -0.148. The third-order valence-electron chi connectivity index (χ3n) is 6.23. The molecule has 3 amide bonds. The zero-order chi connectivity index (χ0) is 25.2. The standard InChI is InChI=1S/C25H34N6O4/c1-5-26-24(33)27-18-8-6-17(7-9-18)21-28-20-14-30(23(32)25(3,4)34)11-10-19(20)22(29-21)31-12-13-35-15-16(31)2/h6-9,16,34H,5,10-15H2,1-4H3,(H2,26,27,33)/t16-/m0/s1. The van der Waals surface area contributed by atoms with E-state index in [2.05, 4.69) is 22.5 Å². The number of urea groups is 1. The van der Waals surface area contributed by atoms with Gasteiger partial charge in [-0.05, 0) is 58.4 Å². The zero-order valence-electron chi connectivity index (χ0n) is 20.8. The molecular weight excluding hydrogens is 448 g/mol. The smallest absolute Gasteiger partial charge is 0.319 e. The molecular formula is C25H34N6O4.